The van der Waals surface area contributed by atoms with E-state index in [2.05, 4.69) is 5.32 Å². The molecule has 0 saturated heterocycles. The van der Waals surface area contributed by atoms with Crippen LogP contribution in [0.5, 0.6) is 0 Å². The maximum atomic E-state index is 11.9. The lowest BCUT2D eigenvalue weighted by Crippen LogP contribution is -2.29. The normalized spacial score (nSPS) is 11.5. The number of hydrogen-bond acceptors (Lipinski definition) is 3. The van der Waals surface area contributed by atoms with Crippen LogP contribution in [0.2, 0.25) is 5.02 Å². The van der Waals surface area contributed by atoms with Gasteiger partial charge in [0, 0.05) is 10.7 Å². The van der Waals surface area contributed by atoms with Gasteiger partial charge in [-0.3, -0.25) is 4.79 Å². The van der Waals surface area contributed by atoms with Crippen LogP contribution in [-0.4, -0.2) is 18.0 Å². The second-order valence-electron chi connectivity index (χ2n) is 4.41. The van der Waals surface area contributed by atoms with Crippen molar-refractivity contribution in [2.75, 3.05) is 5.32 Å². The number of carbonyl (C=O) groups is 2. The summed E-state index contributed by atoms with van der Waals surface area (Å²) in [6, 6.07) is 15.2. The SMILES string of the molecule is CC(OC(=O)c1ccccc1)C(=O)Nc1ccc(Cl)cc1. The highest BCUT2D eigenvalue weighted by molar-refractivity contribution is 6.30. The van der Waals surface area contributed by atoms with Crippen molar-refractivity contribution in [1.29, 1.82) is 0 Å². The molecule has 0 heterocycles. The minimum absolute atomic E-state index is 0.401. The van der Waals surface area contributed by atoms with E-state index in [1.807, 2.05) is 0 Å². The van der Waals surface area contributed by atoms with Crippen LogP contribution < -0.4 is 5.32 Å². The first kappa shape index (κ1) is 15.1. The van der Waals surface area contributed by atoms with Crippen LogP contribution in [0.25, 0.3) is 0 Å². The molecule has 108 valence electrons. The average Bonchev–Trinajstić information content (AvgIpc) is 2.50. The fraction of sp³-hybridized carbons (Fsp3) is 0.125. The van der Waals surface area contributed by atoms with Crippen LogP contribution in [0.3, 0.4) is 0 Å². The Morgan fingerprint density at radius 3 is 2.29 bits per heavy atom. The summed E-state index contributed by atoms with van der Waals surface area (Å²) in [4.78, 5) is 23.8. The molecule has 5 heteroatoms. The summed E-state index contributed by atoms with van der Waals surface area (Å²) < 4.78 is 5.12. The van der Waals surface area contributed by atoms with Crippen LogP contribution >= 0.6 is 11.6 Å². The Bertz CT molecular complexity index is 626. The largest absolute Gasteiger partial charge is 0.449 e. The lowest BCUT2D eigenvalue weighted by Gasteiger charge is -2.13. The lowest BCUT2D eigenvalue weighted by atomic mass is 10.2. The molecular weight excluding hydrogens is 290 g/mol. The highest BCUT2D eigenvalue weighted by Gasteiger charge is 2.18. The Morgan fingerprint density at radius 2 is 1.67 bits per heavy atom. The van der Waals surface area contributed by atoms with E-state index in [0.29, 0.717) is 16.3 Å². The summed E-state index contributed by atoms with van der Waals surface area (Å²) >= 11 is 5.77. The maximum absolute atomic E-state index is 11.9. The van der Waals surface area contributed by atoms with E-state index in [1.165, 1.54) is 6.92 Å². The minimum Gasteiger partial charge on any atom is -0.449 e. The third kappa shape index (κ3) is 4.33. The molecule has 0 radical (unpaired) electrons. The molecule has 0 aromatic heterocycles. The van der Waals surface area contributed by atoms with Gasteiger partial charge in [0.1, 0.15) is 0 Å². The molecule has 0 aliphatic heterocycles. The molecule has 0 fully saturated rings. The molecule has 0 bridgehead atoms. The number of anilines is 1. The van der Waals surface area contributed by atoms with Gasteiger partial charge < -0.3 is 10.1 Å². The zero-order valence-electron chi connectivity index (χ0n) is 11.4. The number of nitrogens with one attached hydrogen (secondary N) is 1. The van der Waals surface area contributed by atoms with E-state index >= 15 is 0 Å². The number of ether oxygens (including phenoxy) is 1. The van der Waals surface area contributed by atoms with Crippen LogP contribution in [0.15, 0.2) is 54.6 Å². The zero-order chi connectivity index (χ0) is 15.2. The Balaban J connectivity index is 1.93. The first-order chi connectivity index (χ1) is 10.1. The molecular formula is C16H14ClNO3. The summed E-state index contributed by atoms with van der Waals surface area (Å²) in [5.74, 6) is -0.934. The first-order valence-electron chi connectivity index (χ1n) is 6.39. The van der Waals surface area contributed by atoms with Gasteiger partial charge in [-0.1, -0.05) is 29.8 Å². The summed E-state index contributed by atoms with van der Waals surface area (Å²) in [7, 11) is 0. The number of halogens is 1. The molecule has 0 spiro atoms. The summed E-state index contributed by atoms with van der Waals surface area (Å²) in [6.07, 6.45) is -0.895. The Morgan fingerprint density at radius 1 is 1.05 bits per heavy atom. The number of carbonyl (C=O) groups excluding carboxylic acids is 2. The predicted octanol–water partition coefficient (Wildman–Crippen LogP) is 3.52. The molecule has 1 amide bonds. The van der Waals surface area contributed by atoms with Crippen molar-refractivity contribution in [3.63, 3.8) is 0 Å². The minimum atomic E-state index is -0.895. The molecule has 0 saturated carbocycles. The molecule has 2 rings (SSSR count). The Labute approximate surface area is 127 Å². The van der Waals surface area contributed by atoms with Crippen LogP contribution in [0.4, 0.5) is 5.69 Å². The topological polar surface area (TPSA) is 55.4 Å². The number of benzene rings is 2. The second-order valence-corrected chi connectivity index (χ2v) is 4.85. The van der Waals surface area contributed by atoms with Crippen molar-refractivity contribution >= 4 is 29.2 Å². The fourth-order valence-electron chi connectivity index (χ4n) is 1.63. The van der Waals surface area contributed by atoms with Crippen LogP contribution in [-0.2, 0) is 9.53 Å². The van der Waals surface area contributed by atoms with E-state index in [-0.39, 0.29) is 0 Å². The van der Waals surface area contributed by atoms with E-state index in [1.54, 1.807) is 54.6 Å². The van der Waals surface area contributed by atoms with Crippen LogP contribution in [0.1, 0.15) is 17.3 Å². The quantitative estimate of drug-likeness (QED) is 0.879. The van der Waals surface area contributed by atoms with Gasteiger partial charge >= 0.3 is 5.97 Å². The third-order valence-electron chi connectivity index (χ3n) is 2.77. The summed E-state index contributed by atoms with van der Waals surface area (Å²) in [5, 5.41) is 3.23. The van der Waals surface area contributed by atoms with E-state index in [4.69, 9.17) is 16.3 Å². The van der Waals surface area contributed by atoms with Crippen LogP contribution in [0, 0.1) is 0 Å². The molecule has 1 atom stereocenters. The van der Waals surface area contributed by atoms with E-state index < -0.39 is 18.0 Å². The zero-order valence-corrected chi connectivity index (χ0v) is 12.1. The van der Waals surface area contributed by atoms with Gasteiger partial charge in [-0.15, -0.1) is 0 Å². The Kier molecular flexibility index (Phi) is 4.95. The Hall–Kier alpha value is -2.33. The summed E-state index contributed by atoms with van der Waals surface area (Å²) in [6.45, 7) is 1.52. The third-order valence-corrected chi connectivity index (χ3v) is 3.03. The van der Waals surface area contributed by atoms with Gasteiger partial charge in [-0.25, -0.2) is 4.79 Å². The number of esters is 1. The molecule has 0 aliphatic carbocycles. The highest BCUT2D eigenvalue weighted by atomic mass is 35.5. The first-order valence-corrected chi connectivity index (χ1v) is 6.76. The van der Waals surface area contributed by atoms with E-state index in [0.717, 1.165) is 0 Å². The molecule has 4 nitrogen and oxygen atoms in total. The summed E-state index contributed by atoms with van der Waals surface area (Å²) in [5.41, 5.74) is 0.996. The maximum Gasteiger partial charge on any atom is 0.338 e. The fourth-order valence-corrected chi connectivity index (χ4v) is 1.76. The van der Waals surface area contributed by atoms with Gasteiger partial charge in [-0.05, 0) is 43.3 Å². The molecule has 2 aromatic rings. The monoisotopic (exact) mass is 303 g/mol. The lowest BCUT2D eigenvalue weighted by molar-refractivity contribution is -0.123. The van der Waals surface area contributed by atoms with Crippen molar-refractivity contribution in [1.82, 2.24) is 0 Å². The van der Waals surface area contributed by atoms with Crippen molar-refractivity contribution in [2.24, 2.45) is 0 Å². The molecule has 0 aliphatic rings. The van der Waals surface area contributed by atoms with Crippen molar-refractivity contribution in [3.8, 4) is 0 Å². The average molecular weight is 304 g/mol. The predicted molar refractivity (Wildman–Crippen MR) is 81.4 cm³/mol. The highest BCUT2D eigenvalue weighted by Crippen LogP contribution is 2.14. The number of rotatable bonds is 4. The van der Waals surface area contributed by atoms with E-state index in [9.17, 15) is 9.59 Å². The number of amides is 1. The standard InChI is InChI=1S/C16H14ClNO3/c1-11(21-16(20)12-5-3-2-4-6-12)15(19)18-14-9-7-13(17)8-10-14/h2-11H,1H3,(H,18,19). The van der Waals surface area contributed by atoms with Crippen molar-refractivity contribution in [3.05, 3.63) is 65.2 Å². The molecule has 21 heavy (non-hydrogen) atoms. The van der Waals surface area contributed by atoms with Crippen molar-refractivity contribution < 1.29 is 14.3 Å². The van der Waals surface area contributed by atoms with Gasteiger partial charge in [0.15, 0.2) is 6.10 Å². The van der Waals surface area contributed by atoms with Gasteiger partial charge in [0.25, 0.3) is 5.91 Å². The van der Waals surface area contributed by atoms with Gasteiger partial charge in [0.05, 0.1) is 5.56 Å². The smallest absolute Gasteiger partial charge is 0.338 e. The van der Waals surface area contributed by atoms with Crippen molar-refractivity contribution in [2.45, 2.75) is 13.0 Å². The van der Waals surface area contributed by atoms with Gasteiger partial charge in [-0.2, -0.15) is 0 Å². The molecule has 2 aromatic carbocycles. The van der Waals surface area contributed by atoms with Gasteiger partial charge in [0.2, 0.25) is 0 Å². The number of hydrogen-bond donors (Lipinski definition) is 1. The molecule has 1 unspecified atom stereocenters. The second kappa shape index (κ2) is 6.90. The molecule has 1 N–H and O–H groups in total.